The molecule has 2 heterocycles. The summed E-state index contributed by atoms with van der Waals surface area (Å²) in [4.78, 5) is 31.2. The van der Waals surface area contributed by atoms with Crippen LogP contribution in [0.4, 0.5) is 0 Å². The fourth-order valence-electron chi connectivity index (χ4n) is 3.45. The first-order chi connectivity index (χ1) is 13.1. The molecule has 2 aromatic rings. The molecule has 1 N–H and O–H groups in total. The molecule has 1 aromatic carbocycles. The van der Waals surface area contributed by atoms with Crippen molar-refractivity contribution in [3.05, 3.63) is 66.0 Å². The number of carbonyl (C=O) groups is 2. The van der Waals surface area contributed by atoms with Crippen molar-refractivity contribution in [1.29, 1.82) is 0 Å². The van der Waals surface area contributed by atoms with Crippen molar-refractivity contribution in [2.75, 3.05) is 26.8 Å². The van der Waals surface area contributed by atoms with Gasteiger partial charge in [-0.05, 0) is 43.5 Å². The van der Waals surface area contributed by atoms with Gasteiger partial charge in [0.15, 0.2) is 0 Å². The van der Waals surface area contributed by atoms with E-state index in [0.29, 0.717) is 43.7 Å². The average Bonchev–Trinajstić information content (AvgIpc) is 2.73. The van der Waals surface area contributed by atoms with Crippen LogP contribution in [0.15, 0.2) is 54.9 Å². The van der Waals surface area contributed by atoms with Gasteiger partial charge in [-0.1, -0.05) is 18.2 Å². The number of nitrogens with one attached hydrogen (secondary N) is 1. The maximum Gasteiger partial charge on any atom is 0.255 e. The molecule has 27 heavy (non-hydrogen) atoms. The van der Waals surface area contributed by atoms with E-state index in [4.69, 9.17) is 4.74 Å². The van der Waals surface area contributed by atoms with Gasteiger partial charge in [-0.25, -0.2) is 0 Å². The molecule has 1 aromatic heterocycles. The van der Waals surface area contributed by atoms with Gasteiger partial charge in [0.25, 0.3) is 11.8 Å². The number of nitrogens with zero attached hydrogens (tertiary/aromatic N) is 2. The smallest absolute Gasteiger partial charge is 0.255 e. The van der Waals surface area contributed by atoms with Gasteiger partial charge in [-0.2, -0.15) is 0 Å². The second-order valence-corrected chi connectivity index (χ2v) is 6.88. The van der Waals surface area contributed by atoms with Crippen molar-refractivity contribution < 1.29 is 14.3 Å². The quantitative estimate of drug-likeness (QED) is 0.852. The maximum atomic E-state index is 12.7. The maximum absolute atomic E-state index is 12.7. The van der Waals surface area contributed by atoms with Gasteiger partial charge in [0.1, 0.15) is 0 Å². The number of hydrogen-bond donors (Lipinski definition) is 1. The third kappa shape index (κ3) is 4.71. The van der Waals surface area contributed by atoms with Crippen LogP contribution in [-0.4, -0.2) is 54.0 Å². The zero-order valence-corrected chi connectivity index (χ0v) is 15.6. The summed E-state index contributed by atoms with van der Waals surface area (Å²) in [5.74, 6) is -0.100. The van der Waals surface area contributed by atoms with Crippen LogP contribution in [0.3, 0.4) is 0 Å². The fourth-order valence-corrected chi connectivity index (χ4v) is 3.45. The highest BCUT2D eigenvalue weighted by atomic mass is 16.5. The Hall–Kier alpha value is -2.73. The molecule has 1 aliphatic rings. The Bertz CT molecular complexity index is 757. The molecule has 0 bridgehead atoms. The molecule has 0 unspecified atom stereocenters. The summed E-state index contributed by atoms with van der Waals surface area (Å²) in [5.41, 5.74) is 0.868. The SMILES string of the molecule is COCCC1(NC(=O)c2ccccc2)CCN(C(=O)c2cccnc2)CC1. The Morgan fingerprint density at radius 1 is 1.11 bits per heavy atom. The number of pyridine rings is 1. The van der Waals surface area contributed by atoms with Gasteiger partial charge in [0, 0.05) is 50.3 Å². The summed E-state index contributed by atoms with van der Waals surface area (Å²) in [6.07, 6.45) is 5.35. The lowest BCUT2D eigenvalue weighted by Gasteiger charge is -2.42. The van der Waals surface area contributed by atoms with Crippen molar-refractivity contribution in [2.45, 2.75) is 24.8 Å². The number of rotatable bonds is 6. The number of amides is 2. The first-order valence-electron chi connectivity index (χ1n) is 9.19. The molecule has 6 nitrogen and oxygen atoms in total. The second-order valence-electron chi connectivity index (χ2n) is 6.88. The lowest BCUT2D eigenvalue weighted by molar-refractivity contribution is 0.0558. The molecule has 142 valence electrons. The molecule has 1 aliphatic heterocycles. The van der Waals surface area contributed by atoms with Crippen LogP contribution in [0.25, 0.3) is 0 Å². The number of carbonyl (C=O) groups excluding carboxylic acids is 2. The second kappa shape index (κ2) is 8.77. The highest BCUT2D eigenvalue weighted by Gasteiger charge is 2.37. The van der Waals surface area contributed by atoms with Crippen molar-refractivity contribution in [3.63, 3.8) is 0 Å². The molecule has 1 saturated heterocycles. The largest absolute Gasteiger partial charge is 0.385 e. The Balaban J connectivity index is 1.68. The monoisotopic (exact) mass is 367 g/mol. The van der Waals surface area contributed by atoms with Gasteiger partial charge in [-0.15, -0.1) is 0 Å². The molecule has 2 amide bonds. The lowest BCUT2D eigenvalue weighted by atomic mass is 9.84. The molecule has 0 radical (unpaired) electrons. The van der Waals surface area contributed by atoms with E-state index in [9.17, 15) is 9.59 Å². The molecule has 0 saturated carbocycles. The van der Waals surface area contributed by atoms with E-state index < -0.39 is 0 Å². The average molecular weight is 367 g/mol. The summed E-state index contributed by atoms with van der Waals surface area (Å²) < 4.78 is 5.26. The molecule has 3 rings (SSSR count). The number of piperidine rings is 1. The minimum absolute atomic E-state index is 0.0159. The molecule has 6 heteroatoms. The van der Waals surface area contributed by atoms with Gasteiger partial charge in [0.05, 0.1) is 5.56 Å². The summed E-state index contributed by atoms with van der Waals surface area (Å²) in [5, 5.41) is 3.21. The molecule has 0 atom stereocenters. The highest BCUT2D eigenvalue weighted by molar-refractivity contribution is 5.95. The summed E-state index contributed by atoms with van der Waals surface area (Å²) in [7, 11) is 1.66. The molecule has 0 aliphatic carbocycles. The fraction of sp³-hybridized carbons (Fsp3) is 0.381. The lowest BCUT2D eigenvalue weighted by Crippen LogP contribution is -2.56. The molecule has 0 spiro atoms. The van der Waals surface area contributed by atoms with E-state index in [2.05, 4.69) is 10.3 Å². The van der Waals surface area contributed by atoms with Gasteiger partial charge in [-0.3, -0.25) is 14.6 Å². The van der Waals surface area contributed by atoms with E-state index >= 15 is 0 Å². The van der Waals surface area contributed by atoms with Gasteiger partial charge < -0.3 is 15.0 Å². The summed E-state index contributed by atoms with van der Waals surface area (Å²) >= 11 is 0. The van der Waals surface area contributed by atoms with Crippen molar-refractivity contribution in [3.8, 4) is 0 Å². The number of ether oxygens (including phenoxy) is 1. The van der Waals surface area contributed by atoms with Crippen molar-refractivity contribution in [2.24, 2.45) is 0 Å². The van der Waals surface area contributed by atoms with Gasteiger partial charge >= 0.3 is 0 Å². The Morgan fingerprint density at radius 3 is 2.44 bits per heavy atom. The van der Waals surface area contributed by atoms with Gasteiger partial charge in [0.2, 0.25) is 0 Å². The third-order valence-corrected chi connectivity index (χ3v) is 5.12. The minimum Gasteiger partial charge on any atom is -0.385 e. The zero-order chi connectivity index (χ0) is 19.1. The van der Waals surface area contributed by atoms with Crippen molar-refractivity contribution in [1.82, 2.24) is 15.2 Å². The first-order valence-corrected chi connectivity index (χ1v) is 9.19. The number of aromatic nitrogens is 1. The van der Waals surface area contributed by atoms with Crippen LogP contribution in [-0.2, 0) is 4.74 Å². The number of benzene rings is 1. The zero-order valence-electron chi connectivity index (χ0n) is 15.6. The normalized spacial score (nSPS) is 16.0. The van der Waals surface area contributed by atoms with Crippen LogP contribution in [0.1, 0.15) is 40.0 Å². The number of hydrogen-bond acceptors (Lipinski definition) is 4. The number of methoxy groups -OCH3 is 1. The van der Waals surface area contributed by atoms with E-state index in [-0.39, 0.29) is 17.4 Å². The first kappa shape index (κ1) is 19.0. The predicted molar refractivity (Wildman–Crippen MR) is 103 cm³/mol. The Labute approximate surface area is 159 Å². The van der Waals surface area contributed by atoms with E-state index in [1.165, 1.54) is 0 Å². The molecular weight excluding hydrogens is 342 g/mol. The van der Waals surface area contributed by atoms with E-state index in [1.54, 1.807) is 43.8 Å². The Kier molecular flexibility index (Phi) is 6.19. The van der Waals surface area contributed by atoms with Crippen molar-refractivity contribution >= 4 is 11.8 Å². The predicted octanol–water partition coefficient (Wildman–Crippen LogP) is 2.52. The number of likely N-dealkylation sites (tertiary alicyclic amines) is 1. The van der Waals surface area contributed by atoms with Crippen LogP contribution in [0, 0.1) is 0 Å². The topological polar surface area (TPSA) is 71.5 Å². The Morgan fingerprint density at radius 2 is 1.81 bits per heavy atom. The minimum atomic E-state index is -0.366. The molecular formula is C21H25N3O3. The highest BCUT2D eigenvalue weighted by Crippen LogP contribution is 2.27. The van der Waals surface area contributed by atoms with Crippen LogP contribution in [0.5, 0.6) is 0 Å². The van der Waals surface area contributed by atoms with Crippen LogP contribution in [0.2, 0.25) is 0 Å². The van der Waals surface area contributed by atoms with E-state index in [0.717, 1.165) is 6.42 Å². The standard InChI is InChI=1S/C21H25N3O3/c1-27-15-11-21(23-19(25)17-6-3-2-4-7-17)9-13-24(14-10-21)20(26)18-8-5-12-22-16-18/h2-8,12,16H,9-11,13-15H2,1H3,(H,23,25). The summed E-state index contributed by atoms with van der Waals surface area (Å²) in [6.45, 7) is 1.74. The van der Waals surface area contributed by atoms with E-state index in [1.807, 2.05) is 23.1 Å². The van der Waals surface area contributed by atoms with Crippen LogP contribution < -0.4 is 5.32 Å². The summed E-state index contributed by atoms with van der Waals surface area (Å²) in [6, 6.07) is 12.7. The van der Waals surface area contributed by atoms with Crippen LogP contribution >= 0.6 is 0 Å². The molecule has 1 fully saturated rings. The third-order valence-electron chi connectivity index (χ3n) is 5.12.